The number of para-hydroxylation sites is 4. The minimum Gasteiger partial charge on any atom is -0.310 e. The fraction of sp³-hybridized carbons (Fsp3) is 0.0857. The molecule has 0 unspecified atom stereocenters. The molecule has 2 aliphatic heterocycles. The monoisotopic (exact) mass is 920 g/mol. The van der Waals surface area contributed by atoms with Crippen LogP contribution in [0.3, 0.4) is 0 Å². The molecule has 2 heterocycles. The highest BCUT2D eigenvalue weighted by Crippen LogP contribution is 2.56. The number of benzene rings is 12. The van der Waals surface area contributed by atoms with Gasteiger partial charge in [-0.2, -0.15) is 0 Å². The van der Waals surface area contributed by atoms with E-state index < -0.39 is 0 Å². The van der Waals surface area contributed by atoms with Gasteiger partial charge in [0.1, 0.15) is 0 Å². The van der Waals surface area contributed by atoms with Crippen LogP contribution < -0.4 is 9.80 Å². The Bertz CT molecular complexity index is 4070. The molecule has 0 bridgehead atoms. The lowest BCUT2D eigenvalue weighted by Gasteiger charge is -2.42. The van der Waals surface area contributed by atoms with E-state index in [-0.39, 0.29) is 10.8 Å². The average Bonchev–Trinajstić information content (AvgIpc) is 3.42. The number of hydrogen-bond donors (Lipinski definition) is 0. The van der Waals surface area contributed by atoms with E-state index in [1.807, 2.05) is 0 Å². The number of hydrogen-bond acceptors (Lipinski definition) is 2. The minimum atomic E-state index is -0.167. The summed E-state index contributed by atoms with van der Waals surface area (Å²) >= 11 is 0. The molecule has 0 fully saturated rings. The first kappa shape index (κ1) is 42.2. The van der Waals surface area contributed by atoms with E-state index in [2.05, 4.69) is 280 Å². The molecule has 0 radical (unpaired) electrons. The molecule has 0 amide bonds. The second-order valence-electron chi connectivity index (χ2n) is 20.9. The van der Waals surface area contributed by atoms with Crippen LogP contribution in [-0.2, 0) is 10.8 Å². The molecule has 2 nitrogen and oxygen atoms in total. The number of rotatable bonds is 5. The normalized spacial score (nSPS) is 14.3. The van der Waals surface area contributed by atoms with Gasteiger partial charge in [0.05, 0.1) is 22.7 Å². The van der Waals surface area contributed by atoms with Crippen molar-refractivity contribution in [1.82, 2.24) is 0 Å². The van der Waals surface area contributed by atoms with E-state index in [1.54, 1.807) is 0 Å². The highest BCUT2D eigenvalue weighted by Gasteiger charge is 2.38. The smallest absolute Gasteiger partial charge is 0.0502 e. The summed E-state index contributed by atoms with van der Waals surface area (Å²) in [5, 5.41) is 9.81. The van der Waals surface area contributed by atoms with E-state index in [4.69, 9.17) is 0 Å². The van der Waals surface area contributed by atoms with Crippen LogP contribution in [0.25, 0.3) is 76.5 Å². The lowest BCUT2D eigenvalue weighted by Crippen LogP contribution is -2.30. The van der Waals surface area contributed by atoms with Gasteiger partial charge in [0.2, 0.25) is 0 Å². The molecule has 2 heteroatoms. The van der Waals surface area contributed by atoms with Crippen LogP contribution in [0, 0.1) is 0 Å². The maximum absolute atomic E-state index is 2.50. The topological polar surface area (TPSA) is 6.48 Å². The van der Waals surface area contributed by atoms with E-state index in [0.29, 0.717) is 0 Å². The van der Waals surface area contributed by atoms with Gasteiger partial charge in [0, 0.05) is 22.2 Å². The molecule has 0 atom stereocenters. The lowest BCUT2D eigenvalue weighted by atomic mass is 9.73. The van der Waals surface area contributed by atoms with Crippen LogP contribution in [-0.4, -0.2) is 0 Å². The van der Waals surface area contributed by atoms with E-state index in [0.717, 1.165) is 11.4 Å². The molecule has 342 valence electrons. The summed E-state index contributed by atoms with van der Waals surface area (Å²) in [7, 11) is 0. The molecule has 72 heavy (non-hydrogen) atoms. The molecule has 14 rings (SSSR count). The van der Waals surface area contributed by atoms with Crippen LogP contribution in [0.5, 0.6) is 0 Å². The maximum Gasteiger partial charge on any atom is 0.0502 e. The highest BCUT2D eigenvalue weighted by atomic mass is 15.2. The molecular weight excluding hydrogens is 869 g/mol. The minimum absolute atomic E-state index is 0.165. The van der Waals surface area contributed by atoms with Gasteiger partial charge < -0.3 is 9.80 Å². The molecule has 2 aliphatic rings. The van der Waals surface area contributed by atoms with E-state index in [9.17, 15) is 0 Å². The van der Waals surface area contributed by atoms with E-state index >= 15 is 0 Å². The molecule has 12 aromatic carbocycles. The van der Waals surface area contributed by atoms with Gasteiger partial charge in [-0.1, -0.05) is 216 Å². The summed E-state index contributed by atoms with van der Waals surface area (Å²) in [4.78, 5) is 5.00. The Labute approximate surface area is 421 Å². The Morgan fingerprint density at radius 2 is 0.667 bits per heavy atom. The van der Waals surface area contributed by atoms with Gasteiger partial charge in [-0.15, -0.1) is 0 Å². The molecule has 0 aromatic heterocycles. The highest BCUT2D eigenvalue weighted by molar-refractivity contribution is 6.23. The standard InChI is InChI=1S/C70H52N2/c1-69(2)59-24-9-13-28-63(59)71(64-29-14-10-25-60(64)69)51-39-41-56-57(43-51)67(48-35-33-47(34-36-48)54-23-17-21-46-19-7-8-22-53(46)54)55-40-38-52(44-58(55)68(56)50-37-32-45-18-5-6-20-49(45)42-50)72-65-30-15-11-26-61(65)70(3,4)62-27-12-16-31-66(62)72/h5-44H,1-4H3. The van der Waals surface area contributed by atoms with Crippen LogP contribution in [0.4, 0.5) is 34.1 Å². The van der Waals surface area contributed by atoms with E-state index in [1.165, 1.54) is 121 Å². The van der Waals surface area contributed by atoms with Crippen LogP contribution in [0.15, 0.2) is 243 Å². The number of nitrogens with zero attached hydrogens (tertiary/aromatic N) is 2. The van der Waals surface area contributed by atoms with Crippen molar-refractivity contribution in [1.29, 1.82) is 0 Å². The van der Waals surface area contributed by atoms with Gasteiger partial charge in [-0.3, -0.25) is 0 Å². The van der Waals surface area contributed by atoms with Gasteiger partial charge in [0.25, 0.3) is 0 Å². The zero-order valence-electron chi connectivity index (χ0n) is 41.0. The van der Waals surface area contributed by atoms with Gasteiger partial charge in [0.15, 0.2) is 0 Å². The van der Waals surface area contributed by atoms with Crippen molar-refractivity contribution in [3.63, 3.8) is 0 Å². The van der Waals surface area contributed by atoms with Crippen molar-refractivity contribution in [2.24, 2.45) is 0 Å². The quantitative estimate of drug-likeness (QED) is 0.159. The van der Waals surface area contributed by atoms with Crippen LogP contribution in [0.2, 0.25) is 0 Å². The summed E-state index contributed by atoms with van der Waals surface area (Å²) in [5.74, 6) is 0. The Morgan fingerprint density at radius 3 is 1.19 bits per heavy atom. The summed E-state index contributed by atoms with van der Waals surface area (Å²) < 4.78 is 0. The molecule has 0 spiro atoms. The number of anilines is 6. The second kappa shape index (κ2) is 15.9. The van der Waals surface area contributed by atoms with Gasteiger partial charge >= 0.3 is 0 Å². The predicted octanol–water partition coefficient (Wildman–Crippen LogP) is 19.5. The van der Waals surface area contributed by atoms with Gasteiger partial charge in [-0.25, -0.2) is 0 Å². The van der Waals surface area contributed by atoms with Crippen molar-refractivity contribution in [2.45, 2.75) is 38.5 Å². The molecule has 0 aliphatic carbocycles. The predicted molar refractivity (Wildman–Crippen MR) is 306 cm³/mol. The van der Waals surface area contributed by atoms with Crippen molar-refractivity contribution in [2.75, 3.05) is 9.80 Å². The molecule has 12 aromatic rings. The first-order valence-electron chi connectivity index (χ1n) is 25.3. The van der Waals surface area contributed by atoms with Crippen LogP contribution in [0.1, 0.15) is 49.9 Å². The maximum atomic E-state index is 2.50. The van der Waals surface area contributed by atoms with Crippen LogP contribution >= 0.6 is 0 Å². The summed E-state index contributed by atoms with van der Waals surface area (Å²) in [6.07, 6.45) is 0. The first-order chi connectivity index (χ1) is 35.2. The third-order valence-electron chi connectivity index (χ3n) is 16.2. The Kier molecular flexibility index (Phi) is 9.32. The lowest BCUT2D eigenvalue weighted by molar-refractivity contribution is 0.632. The summed E-state index contributed by atoms with van der Waals surface area (Å²) in [6.45, 7) is 9.45. The zero-order chi connectivity index (χ0) is 48.3. The second-order valence-corrected chi connectivity index (χ2v) is 20.9. The molecule has 0 saturated carbocycles. The largest absolute Gasteiger partial charge is 0.310 e. The SMILES string of the molecule is CC1(C)c2ccccc2N(c2ccc3c(-c4ccc5ccccc5c4)c4cc(N5c6ccccc6C(C)(C)c6ccccc65)ccc4c(-c4ccc(-c5cccc6ccccc56)cc4)c3c2)c2ccccc21. The summed E-state index contributed by atoms with van der Waals surface area (Å²) in [5.41, 5.74) is 19.4. The third kappa shape index (κ3) is 6.28. The van der Waals surface area contributed by atoms with Crippen molar-refractivity contribution in [3.05, 3.63) is 265 Å². The molecule has 0 saturated heterocycles. The fourth-order valence-electron chi connectivity index (χ4n) is 12.6. The number of fused-ring (bicyclic) bond motifs is 8. The Morgan fingerprint density at radius 1 is 0.264 bits per heavy atom. The molecule has 0 N–H and O–H groups in total. The van der Waals surface area contributed by atoms with Crippen molar-refractivity contribution < 1.29 is 0 Å². The Balaban J connectivity index is 1.08. The summed E-state index contributed by atoms with van der Waals surface area (Å²) in [6, 6.07) is 90.9. The third-order valence-corrected chi connectivity index (χ3v) is 16.2. The van der Waals surface area contributed by atoms with Crippen molar-refractivity contribution >= 4 is 77.2 Å². The zero-order valence-corrected chi connectivity index (χ0v) is 41.0. The fourth-order valence-corrected chi connectivity index (χ4v) is 12.6. The Hall–Kier alpha value is -8.72. The first-order valence-corrected chi connectivity index (χ1v) is 25.3. The van der Waals surface area contributed by atoms with Gasteiger partial charge in [-0.05, 0) is 153 Å². The average molecular weight is 921 g/mol. The van der Waals surface area contributed by atoms with Crippen molar-refractivity contribution in [3.8, 4) is 33.4 Å². The molecular formula is C70H52N2.